The summed E-state index contributed by atoms with van der Waals surface area (Å²) in [5.41, 5.74) is -1.32. The van der Waals surface area contributed by atoms with Crippen LogP contribution in [0.15, 0.2) is 59.6 Å². The molecule has 0 saturated carbocycles. The molecule has 2 rings (SSSR count). The highest BCUT2D eigenvalue weighted by Gasteiger charge is 2.64. The summed E-state index contributed by atoms with van der Waals surface area (Å²) >= 11 is 0. The van der Waals surface area contributed by atoms with Crippen LogP contribution in [0.2, 0.25) is 0 Å². The van der Waals surface area contributed by atoms with E-state index in [1.165, 1.54) is 65.6 Å². The lowest BCUT2D eigenvalue weighted by atomic mass is 10.1. The normalized spacial score (nSPS) is 14.2. The zero-order chi connectivity index (χ0) is 25.6. The first-order valence-corrected chi connectivity index (χ1v) is 9.67. The van der Waals surface area contributed by atoms with Gasteiger partial charge in [-0.2, -0.15) is 31.8 Å². The molecule has 0 unspecified atom stereocenters. The molecule has 0 bridgehead atoms. The number of ether oxygens (including phenoxy) is 1. The second-order valence-electron chi connectivity index (χ2n) is 6.83. The third kappa shape index (κ3) is 6.47. The molecule has 34 heavy (non-hydrogen) atoms. The Balaban J connectivity index is 2.49. The molecule has 1 atom stereocenters. The summed E-state index contributed by atoms with van der Waals surface area (Å²) in [6.07, 6.45) is -10.9. The summed E-state index contributed by atoms with van der Waals surface area (Å²) in [6.45, 7) is 2.30. The van der Waals surface area contributed by atoms with Gasteiger partial charge in [0.25, 0.3) is 5.91 Å². The van der Waals surface area contributed by atoms with Crippen molar-refractivity contribution in [1.29, 1.82) is 0 Å². The van der Waals surface area contributed by atoms with Gasteiger partial charge in [-0.05, 0) is 38.1 Å². The summed E-state index contributed by atoms with van der Waals surface area (Å²) in [5.74, 6) is -5.39. The molecule has 13 heteroatoms. The van der Waals surface area contributed by atoms with Gasteiger partial charge in [0.15, 0.2) is 0 Å². The number of nitrogens with one attached hydrogen (secondary N) is 3. The molecular formula is C21H20F6N4O3. The number of nitrogens with zero attached hydrogens (tertiary/aromatic N) is 1. The molecule has 0 fully saturated rings. The van der Waals surface area contributed by atoms with E-state index in [9.17, 15) is 35.9 Å². The smallest absolute Gasteiger partial charge is 0.450 e. The maximum Gasteiger partial charge on any atom is 0.450 e. The molecule has 0 aliphatic heterocycles. The van der Waals surface area contributed by atoms with Crippen LogP contribution in [0.1, 0.15) is 22.8 Å². The van der Waals surface area contributed by atoms with Crippen molar-refractivity contribution in [2.45, 2.75) is 31.9 Å². The average Bonchev–Trinajstić information content (AvgIpc) is 2.76. The minimum Gasteiger partial charge on any atom is -0.463 e. The number of amides is 1. The highest BCUT2D eigenvalue weighted by Crippen LogP contribution is 2.30. The van der Waals surface area contributed by atoms with Gasteiger partial charge in [0, 0.05) is 5.56 Å². The second-order valence-corrected chi connectivity index (χ2v) is 6.83. The van der Waals surface area contributed by atoms with Gasteiger partial charge >= 0.3 is 24.0 Å². The second kappa shape index (κ2) is 10.5. The van der Waals surface area contributed by atoms with Crippen LogP contribution in [0.3, 0.4) is 0 Å². The van der Waals surface area contributed by atoms with E-state index in [0.29, 0.717) is 5.56 Å². The summed E-state index contributed by atoms with van der Waals surface area (Å²) in [4.78, 5) is 28.1. The van der Waals surface area contributed by atoms with Crippen LogP contribution in [0.5, 0.6) is 0 Å². The number of hydrazine groups is 1. The van der Waals surface area contributed by atoms with Crippen molar-refractivity contribution in [2.75, 3.05) is 6.61 Å². The summed E-state index contributed by atoms with van der Waals surface area (Å²) in [6, 6.07) is 11.8. The molecule has 0 aliphatic rings. The minimum absolute atomic E-state index is 0.228. The Labute approximate surface area is 190 Å². The Kier molecular flexibility index (Phi) is 8.26. The van der Waals surface area contributed by atoms with Gasteiger partial charge in [0.05, 0.1) is 12.3 Å². The lowest BCUT2D eigenvalue weighted by Crippen LogP contribution is -2.76. The molecule has 7 nitrogen and oxygen atoms in total. The van der Waals surface area contributed by atoms with E-state index in [2.05, 4.69) is 9.73 Å². The van der Waals surface area contributed by atoms with Gasteiger partial charge in [-0.15, -0.1) is 0 Å². The largest absolute Gasteiger partial charge is 0.463 e. The number of rotatable bonds is 7. The quantitative estimate of drug-likeness (QED) is 0.137. The standard InChI is InChI=1S/C21H20F6N4O3/c1-3-34-18(33)19(21(25,26)27,29-16(32)14-7-5-4-6-8-14)31-30-17(20(22,23)24)28-15-11-9-13(2)10-12-15/h4-12,31H,3H2,1-2H3,(H,28,30)(H,29,32)/t19-/m1/s1. The molecular weight excluding hydrogens is 470 g/mol. The first-order chi connectivity index (χ1) is 15.8. The van der Waals surface area contributed by atoms with Gasteiger partial charge < -0.3 is 10.1 Å². The van der Waals surface area contributed by atoms with Crippen LogP contribution in [0, 0.1) is 6.92 Å². The summed E-state index contributed by atoms with van der Waals surface area (Å²) in [5, 5.41) is 1.42. The molecule has 0 spiro atoms. The number of alkyl halides is 6. The fraction of sp³-hybridized carbons (Fsp3) is 0.286. The molecule has 2 aromatic carbocycles. The highest BCUT2D eigenvalue weighted by molar-refractivity contribution is 5.98. The predicted octanol–water partition coefficient (Wildman–Crippen LogP) is 3.93. The molecule has 0 radical (unpaired) electrons. The average molecular weight is 490 g/mol. The number of hydrogen-bond donors (Lipinski definition) is 3. The molecule has 0 heterocycles. The minimum atomic E-state index is -5.64. The lowest BCUT2D eigenvalue weighted by molar-refractivity contribution is -0.220. The fourth-order valence-electron chi connectivity index (χ4n) is 2.53. The van der Waals surface area contributed by atoms with Crippen molar-refractivity contribution >= 4 is 23.4 Å². The highest BCUT2D eigenvalue weighted by atomic mass is 19.4. The first-order valence-electron chi connectivity index (χ1n) is 9.67. The number of amidine groups is 1. The van der Waals surface area contributed by atoms with Crippen LogP contribution >= 0.6 is 0 Å². The topological polar surface area (TPSA) is 91.8 Å². The lowest BCUT2D eigenvalue weighted by Gasteiger charge is -2.35. The van der Waals surface area contributed by atoms with Crippen LogP contribution < -0.4 is 16.2 Å². The van der Waals surface area contributed by atoms with Gasteiger partial charge in [-0.3, -0.25) is 10.2 Å². The van der Waals surface area contributed by atoms with Crippen molar-refractivity contribution < 1.29 is 40.7 Å². The van der Waals surface area contributed by atoms with Crippen LogP contribution in [0.25, 0.3) is 0 Å². The number of halogens is 6. The van der Waals surface area contributed by atoms with Crippen molar-refractivity contribution in [3.8, 4) is 0 Å². The zero-order valence-corrected chi connectivity index (χ0v) is 17.8. The third-order valence-corrected chi connectivity index (χ3v) is 4.26. The van der Waals surface area contributed by atoms with Crippen molar-refractivity contribution in [3.63, 3.8) is 0 Å². The van der Waals surface area contributed by atoms with Gasteiger partial charge in [-0.1, -0.05) is 35.9 Å². The van der Waals surface area contributed by atoms with Crippen LogP contribution in [0.4, 0.5) is 32.0 Å². The molecule has 0 saturated heterocycles. The molecule has 184 valence electrons. The van der Waals surface area contributed by atoms with Gasteiger partial charge in [0.1, 0.15) is 0 Å². The Hall–Kier alpha value is -3.61. The molecule has 3 N–H and O–H groups in total. The number of aryl methyl sites for hydroxylation is 1. The SMILES string of the molecule is CCOC(=O)[C@](NNC(=Nc1ccc(C)cc1)C(F)(F)F)(NC(=O)c1ccccc1)C(F)(F)F. The van der Waals surface area contributed by atoms with E-state index in [1.807, 2.05) is 0 Å². The van der Waals surface area contributed by atoms with Gasteiger partial charge in [0.2, 0.25) is 5.84 Å². The fourth-order valence-corrected chi connectivity index (χ4v) is 2.53. The van der Waals surface area contributed by atoms with E-state index in [0.717, 1.165) is 12.1 Å². The number of esters is 1. The first kappa shape index (κ1) is 26.6. The molecule has 0 aliphatic carbocycles. The maximum absolute atomic E-state index is 14.1. The third-order valence-electron chi connectivity index (χ3n) is 4.26. The van der Waals surface area contributed by atoms with Gasteiger partial charge in [-0.25, -0.2) is 9.79 Å². The predicted molar refractivity (Wildman–Crippen MR) is 110 cm³/mol. The molecule has 1 amide bonds. The molecule has 2 aromatic rings. The number of carbonyl (C=O) groups excluding carboxylic acids is 2. The Morgan fingerprint density at radius 2 is 1.53 bits per heavy atom. The van der Waals surface area contributed by atoms with E-state index in [-0.39, 0.29) is 11.3 Å². The Morgan fingerprint density at radius 3 is 2.03 bits per heavy atom. The Morgan fingerprint density at radius 1 is 0.941 bits per heavy atom. The number of hydrogen-bond acceptors (Lipinski definition) is 5. The van der Waals surface area contributed by atoms with E-state index >= 15 is 0 Å². The zero-order valence-electron chi connectivity index (χ0n) is 17.8. The molecule has 0 aromatic heterocycles. The number of aliphatic imine (C=N–C) groups is 1. The summed E-state index contributed by atoms with van der Waals surface area (Å²) < 4.78 is 87.3. The van der Waals surface area contributed by atoms with Crippen LogP contribution in [-0.2, 0) is 9.53 Å². The van der Waals surface area contributed by atoms with E-state index < -0.39 is 42.3 Å². The monoisotopic (exact) mass is 490 g/mol. The van der Waals surface area contributed by atoms with Crippen molar-refractivity contribution in [1.82, 2.24) is 16.2 Å². The number of benzene rings is 2. The summed E-state index contributed by atoms with van der Waals surface area (Å²) in [7, 11) is 0. The van der Waals surface area contributed by atoms with E-state index in [1.54, 1.807) is 6.92 Å². The van der Waals surface area contributed by atoms with E-state index in [4.69, 9.17) is 0 Å². The Bertz CT molecular complexity index is 1020. The van der Waals surface area contributed by atoms with Crippen LogP contribution in [-0.4, -0.2) is 42.3 Å². The van der Waals surface area contributed by atoms with Crippen molar-refractivity contribution in [2.24, 2.45) is 4.99 Å². The van der Waals surface area contributed by atoms with Crippen molar-refractivity contribution in [3.05, 3.63) is 65.7 Å². The maximum atomic E-state index is 14.1. The number of carbonyl (C=O) groups is 2.